The van der Waals surface area contributed by atoms with Gasteiger partial charge >= 0.3 is 0 Å². The number of hydrazine groups is 1. The normalized spacial score (nSPS) is 25.9. The number of hydrogen-bond donors (Lipinski definition) is 0. The van der Waals surface area contributed by atoms with Gasteiger partial charge in [0, 0.05) is 24.0 Å². The Labute approximate surface area is 91.5 Å². The molecule has 16 heavy (non-hydrogen) atoms. The molecule has 1 atom stereocenters. The summed E-state index contributed by atoms with van der Waals surface area (Å²) in [6.07, 6.45) is 1.15. The van der Waals surface area contributed by atoms with E-state index in [2.05, 4.69) is 0 Å². The van der Waals surface area contributed by atoms with Gasteiger partial charge < -0.3 is 0 Å². The van der Waals surface area contributed by atoms with Crippen LogP contribution in [0, 0.1) is 5.92 Å². The molecule has 0 spiro atoms. The molecule has 0 aromatic rings. The standard InChI is InChI=1S/C10H10N2O4/c1-5-3-7(13)11(9(5)15)12-8(14)4-6(2)10(12)16/h3,6H,4H2,1-2H3. The van der Waals surface area contributed by atoms with E-state index in [1.54, 1.807) is 6.92 Å². The first-order valence-electron chi connectivity index (χ1n) is 4.87. The summed E-state index contributed by atoms with van der Waals surface area (Å²) < 4.78 is 0. The zero-order valence-electron chi connectivity index (χ0n) is 8.89. The number of amides is 4. The summed E-state index contributed by atoms with van der Waals surface area (Å²) >= 11 is 0. The highest BCUT2D eigenvalue weighted by Crippen LogP contribution is 2.24. The molecular formula is C10H10N2O4. The van der Waals surface area contributed by atoms with Crippen LogP contribution in [0.1, 0.15) is 20.3 Å². The number of rotatable bonds is 1. The Morgan fingerprint density at radius 2 is 1.81 bits per heavy atom. The SMILES string of the molecule is CC1=CC(=O)N(N2C(=O)CC(C)C2=O)C1=O. The maximum Gasteiger partial charge on any atom is 0.276 e. The molecule has 0 radical (unpaired) electrons. The van der Waals surface area contributed by atoms with Crippen LogP contribution in [0.4, 0.5) is 0 Å². The highest BCUT2D eigenvalue weighted by molar-refractivity contribution is 6.19. The van der Waals surface area contributed by atoms with Crippen molar-refractivity contribution in [2.45, 2.75) is 20.3 Å². The second-order valence-corrected chi connectivity index (χ2v) is 3.93. The quantitative estimate of drug-likeness (QED) is 0.566. The molecule has 2 aliphatic rings. The molecule has 1 unspecified atom stereocenters. The van der Waals surface area contributed by atoms with Gasteiger partial charge in [0.2, 0.25) is 5.91 Å². The molecule has 6 heteroatoms. The van der Waals surface area contributed by atoms with E-state index < -0.39 is 29.5 Å². The predicted octanol–water partition coefficient (Wildman–Crippen LogP) is -0.389. The maximum absolute atomic E-state index is 11.6. The van der Waals surface area contributed by atoms with E-state index in [-0.39, 0.29) is 12.0 Å². The van der Waals surface area contributed by atoms with Crippen LogP contribution in [-0.2, 0) is 19.2 Å². The minimum absolute atomic E-state index is 0.0366. The number of nitrogens with zero attached hydrogens (tertiary/aromatic N) is 2. The van der Waals surface area contributed by atoms with Gasteiger partial charge in [-0.05, 0) is 6.92 Å². The molecule has 0 aromatic heterocycles. The largest absolute Gasteiger partial charge is 0.276 e. The summed E-state index contributed by atoms with van der Waals surface area (Å²) in [5.41, 5.74) is 0.227. The van der Waals surface area contributed by atoms with Crippen LogP contribution in [-0.4, -0.2) is 33.6 Å². The minimum atomic E-state index is -0.640. The molecule has 1 fully saturated rings. The molecule has 84 valence electrons. The van der Waals surface area contributed by atoms with Crippen molar-refractivity contribution >= 4 is 23.6 Å². The van der Waals surface area contributed by atoms with Gasteiger partial charge in [0.15, 0.2) is 0 Å². The van der Waals surface area contributed by atoms with Crippen molar-refractivity contribution in [3.05, 3.63) is 11.6 Å². The Hall–Kier alpha value is -1.98. The molecule has 0 N–H and O–H groups in total. The molecule has 0 bridgehead atoms. The van der Waals surface area contributed by atoms with Crippen LogP contribution in [0.15, 0.2) is 11.6 Å². The fraction of sp³-hybridized carbons (Fsp3) is 0.400. The summed E-state index contributed by atoms with van der Waals surface area (Å²) in [5.74, 6) is -2.75. The third-order valence-electron chi connectivity index (χ3n) is 2.63. The Bertz CT molecular complexity index is 452. The molecule has 2 heterocycles. The first-order chi connectivity index (χ1) is 7.43. The average Bonchev–Trinajstić information content (AvgIpc) is 2.57. The lowest BCUT2D eigenvalue weighted by Gasteiger charge is -2.23. The molecule has 2 rings (SSSR count). The molecule has 0 aliphatic carbocycles. The number of carbonyl (C=O) groups is 4. The summed E-state index contributed by atoms with van der Waals surface area (Å²) in [6, 6.07) is 0. The van der Waals surface area contributed by atoms with Crippen LogP contribution >= 0.6 is 0 Å². The van der Waals surface area contributed by atoms with Crippen molar-refractivity contribution in [2.75, 3.05) is 0 Å². The maximum atomic E-state index is 11.6. The van der Waals surface area contributed by atoms with E-state index in [9.17, 15) is 19.2 Å². The molecule has 2 aliphatic heterocycles. The van der Waals surface area contributed by atoms with E-state index in [4.69, 9.17) is 0 Å². The van der Waals surface area contributed by atoms with Crippen LogP contribution in [0.5, 0.6) is 0 Å². The Morgan fingerprint density at radius 1 is 1.19 bits per heavy atom. The van der Waals surface area contributed by atoms with Gasteiger partial charge in [0.05, 0.1) is 0 Å². The number of hydrogen-bond acceptors (Lipinski definition) is 4. The third kappa shape index (κ3) is 1.26. The molecular weight excluding hydrogens is 212 g/mol. The first-order valence-corrected chi connectivity index (χ1v) is 4.87. The van der Waals surface area contributed by atoms with E-state index in [0.717, 1.165) is 6.08 Å². The zero-order chi connectivity index (χ0) is 12.0. The van der Waals surface area contributed by atoms with E-state index in [1.165, 1.54) is 6.92 Å². The van der Waals surface area contributed by atoms with Gasteiger partial charge in [-0.2, -0.15) is 10.0 Å². The van der Waals surface area contributed by atoms with Crippen molar-refractivity contribution < 1.29 is 19.2 Å². The lowest BCUT2D eigenvalue weighted by Crippen LogP contribution is -2.50. The Kier molecular flexibility index (Phi) is 2.15. The smallest absolute Gasteiger partial charge is 0.272 e. The lowest BCUT2D eigenvalue weighted by atomic mass is 10.1. The molecule has 0 aromatic carbocycles. The predicted molar refractivity (Wildman–Crippen MR) is 51.2 cm³/mol. The topological polar surface area (TPSA) is 74.8 Å². The number of imide groups is 2. The van der Waals surface area contributed by atoms with Gasteiger partial charge in [-0.25, -0.2) is 0 Å². The highest BCUT2D eigenvalue weighted by atomic mass is 16.2. The Morgan fingerprint density at radius 3 is 2.19 bits per heavy atom. The molecule has 4 amide bonds. The van der Waals surface area contributed by atoms with Gasteiger partial charge in [-0.15, -0.1) is 0 Å². The second-order valence-electron chi connectivity index (χ2n) is 3.93. The van der Waals surface area contributed by atoms with Crippen LogP contribution in [0.2, 0.25) is 0 Å². The summed E-state index contributed by atoms with van der Waals surface area (Å²) in [7, 11) is 0. The molecule has 1 saturated heterocycles. The van der Waals surface area contributed by atoms with Crippen LogP contribution in [0.3, 0.4) is 0 Å². The van der Waals surface area contributed by atoms with Gasteiger partial charge in [-0.3, -0.25) is 19.2 Å². The summed E-state index contributed by atoms with van der Waals surface area (Å²) in [4.78, 5) is 46.2. The van der Waals surface area contributed by atoms with E-state index >= 15 is 0 Å². The third-order valence-corrected chi connectivity index (χ3v) is 2.63. The zero-order valence-corrected chi connectivity index (χ0v) is 8.89. The fourth-order valence-corrected chi connectivity index (χ4v) is 1.74. The van der Waals surface area contributed by atoms with E-state index in [1.807, 2.05) is 0 Å². The van der Waals surface area contributed by atoms with Crippen LogP contribution < -0.4 is 0 Å². The van der Waals surface area contributed by atoms with Crippen molar-refractivity contribution in [1.29, 1.82) is 0 Å². The first kappa shape index (κ1) is 10.5. The number of carbonyl (C=O) groups excluding carboxylic acids is 4. The highest BCUT2D eigenvalue weighted by Gasteiger charge is 2.45. The molecule has 0 saturated carbocycles. The van der Waals surface area contributed by atoms with Crippen LogP contribution in [0.25, 0.3) is 0 Å². The molecule has 6 nitrogen and oxygen atoms in total. The summed E-state index contributed by atoms with van der Waals surface area (Å²) in [6.45, 7) is 3.06. The monoisotopic (exact) mass is 222 g/mol. The van der Waals surface area contributed by atoms with E-state index in [0.29, 0.717) is 10.0 Å². The van der Waals surface area contributed by atoms with Crippen molar-refractivity contribution in [3.8, 4) is 0 Å². The second kappa shape index (κ2) is 3.26. The fourth-order valence-electron chi connectivity index (χ4n) is 1.74. The average molecular weight is 222 g/mol. The van der Waals surface area contributed by atoms with Gasteiger partial charge in [-0.1, -0.05) is 6.92 Å². The van der Waals surface area contributed by atoms with Gasteiger partial charge in [0.25, 0.3) is 17.7 Å². The Balaban J connectivity index is 2.34. The lowest BCUT2D eigenvalue weighted by molar-refractivity contribution is -0.171. The minimum Gasteiger partial charge on any atom is -0.272 e. The van der Waals surface area contributed by atoms with Gasteiger partial charge in [0.1, 0.15) is 0 Å². The van der Waals surface area contributed by atoms with Crippen molar-refractivity contribution in [2.24, 2.45) is 5.92 Å². The summed E-state index contributed by atoms with van der Waals surface area (Å²) in [5, 5.41) is 1.27. The van der Waals surface area contributed by atoms with Crippen molar-refractivity contribution in [3.63, 3.8) is 0 Å². The van der Waals surface area contributed by atoms with Crippen molar-refractivity contribution in [1.82, 2.24) is 10.0 Å².